The molecule has 1 aromatic carbocycles. The first-order valence-electron chi connectivity index (χ1n) is 13.9. The Morgan fingerprint density at radius 3 is 2.65 bits per heavy atom. The van der Waals surface area contributed by atoms with E-state index in [1.165, 1.54) is 5.57 Å². The summed E-state index contributed by atoms with van der Waals surface area (Å²) in [6.07, 6.45) is 34.0. The fourth-order valence-corrected chi connectivity index (χ4v) is 4.85. The number of aromatic amines is 1. The third-order valence-corrected chi connectivity index (χ3v) is 7.17. The number of benzene rings is 1. The third-order valence-electron chi connectivity index (χ3n) is 7.17. The van der Waals surface area contributed by atoms with Crippen LogP contribution in [0.25, 0.3) is 16.8 Å². The lowest BCUT2D eigenvalue weighted by molar-refractivity contribution is 0.111. The number of ether oxygens (including phenoxy) is 1. The molecule has 2 aromatic rings. The van der Waals surface area contributed by atoms with Gasteiger partial charge in [-0.1, -0.05) is 91.1 Å². The predicted octanol–water partition coefficient (Wildman–Crippen LogP) is 7.18. The Balaban J connectivity index is 1.40. The molecule has 0 aliphatic heterocycles. The number of allylic oxidation sites excluding steroid dienone is 14. The van der Waals surface area contributed by atoms with E-state index < -0.39 is 0 Å². The summed E-state index contributed by atoms with van der Waals surface area (Å²) in [5.41, 5.74) is 7.68. The number of likely N-dealkylation sites (N-methyl/N-ethyl adjacent to an activating group) is 1. The molecule has 204 valence electrons. The Bertz CT molecular complexity index is 1450. The van der Waals surface area contributed by atoms with Crippen LogP contribution in [0.5, 0.6) is 0 Å². The van der Waals surface area contributed by atoms with Gasteiger partial charge in [-0.2, -0.15) is 0 Å². The summed E-state index contributed by atoms with van der Waals surface area (Å²) >= 11 is 0. The smallest absolute Gasteiger partial charge is 0.138 e. The highest BCUT2D eigenvalue weighted by atomic mass is 16.5. The monoisotopic (exact) mass is 530 g/mol. The molecule has 2 atom stereocenters. The minimum Gasteiger partial charge on any atom is -0.388 e. The Hall–Kier alpha value is -4.35. The molecule has 0 saturated heterocycles. The van der Waals surface area contributed by atoms with E-state index >= 15 is 0 Å². The molecule has 3 aliphatic rings. The van der Waals surface area contributed by atoms with Crippen molar-refractivity contribution in [2.75, 3.05) is 32.6 Å². The number of hydrogen-bond acceptors (Lipinski definition) is 4. The lowest BCUT2D eigenvalue weighted by Crippen LogP contribution is -2.10. The van der Waals surface area contributed by atoms with Gasteiger partial charge in [0, 0.05) is 49.6 Å². The van der Waals surface area contributed by atoms with Gasteiger partial charge in [-0.15, -0.1) is 0 Å². The summed E-state index contributed by atoms with van der Waals surface area (Å²) < 4.78 is 5.93. The Kier molecular flexibility index (Phi) is 8.94. The summed E-state index contributed by atoms with van der Waals surface area (Å²) in [5, 5.41) is 3.23. The van der Waals surface area contributed by atoms with Gasteiger partial charge in [0.1, 0.15) is 5.82 Å². The van der Waals surface area contributed by atoms with Crippen molar-refractivity contribution in [3.63, 3.8) is 0 Å². The first-order chi connectivity index (χ1) is 19.6. The van der Waals surface area contributed by atoms with E-state index in [4.69, 9.17) is 9.72 Å². The normalized spacial score (nSPS) is 20.2. The van der Waals surface area contributed by atoms with Crippen LogP contribution in [0.3, 0.4) is 0 Å². The van der Waals surface area contributed by atoms with Crippen LogP contribution < -0.4 is 10.2 Å². The zero-order valence-electron chi connectivity index (χ0n) is 23.5. The van der Waals surface area contributed by atoms with Crippen LogP contribution >= 0.6 is 0 Å². The molecule has 0 saturated carbocycles. The average Bonchev–Trinajstić information content (AvgIpc) is 3.13. The van der Waals surface area contributed by atoms with Crippen LogP contribution in [0, 0.1) is 0 Å². The van der Waals surface area contributed by atoms with Gasteiger partial charge in [0.15, 0.2) is 0 Å². The molecule has 2 unspecified atom stereocenters. The van der Waals surface area contributed by atoms with Crippen molar-refractivity contribution in [3.8, 4) is 11.3 Å². The number of H-pyrrole nitrogens is 1. The number of rotatable bonds is 9. The molecule has 1 heterocycles. The summed E-state index contributed by atoms with van der Waals surface area (Å²) in [6, 6.07) is 8.59. The molecule has 0 fully saturated rings. The minimum absolute atomic E-state index is 0.0748. The van der Waals surface area contributed by atoms with Gasteiger partial charge in [-0.3, -0.25) is 0 Å². The maximum Gasteiger partial charge on any atom is 0.138 e. The van der Waals surface area contributed by atoms with E-state index in [9.17, 15) is 0 Å². The molecule has 2 N–H and O–H groups in total. The lowest BCUT2D eigenvalue weighted by atomic mass is 9.99. The minimum atomic E-state index is 0.0748. The molecule has 3 aliphatic carbocycles. The summed E-state index contributed by atoms with van der Waals surface area (Å²) in [5.74, 6) is 0.943. The number of nitrogens with one attached hydrogen (secondary N) is 2. The van der Waals surface area contributed by atoms with E-state index in [1.807, 2.05) is 13.1 Å². The van der Waals surface area contributed by atoms with Gasteiger partial charge < -0.3 is 19.9 Å². The third kappa shape index (κ3) is 6.80. The Morgan fingerprint density at radius 1 is 1.00 bits per heavy atom. The second kappa shape index (κ2) is 13.1. The second-order valence-corrected chi connectivity index (χ2v) is 10.2. The second-order valence-electron chi connectivity index (χ2n) is 10.2. The van der Waals surface area contributed by atoms with Gasteiger partial charge in [0.25, 0.3) is 0 Å². The first kappa shape index (κ1) is 27.2. The summed E-state index contributed by atoms with van der Waals surface area (Å²) in [6.45, 7) is 0.602. The number of aromatic nitrogens is 2. The van der Waals surface area contributed by atoms with Crippen LogP contribution in [0.15, 0.2) is 127 Å². The van der Waals surface area contributed by atoms with E-state index in [0.717, 1.165) is 52.6 Å². The van der Waals surface area contributed by atoms with Crippen molar-refractivity contribution in [2.45, 2.75) is 24.9 Å². The summed E-state index contributed by atoms with van der Waals surface area (Å²) in [7, 11) is 6.05. The standard InChI is InChI=1S/C35H38N4O/c1-36-30-14-8-12-27(19-22-30)33-34(28-20-23-31(24-21-28)39(2)3)38-35(37-33)29-13-7-10-26(17-18-29)11-9-25-40-32-15-5-4-6-16-32/h4-9,11-15,17-24,27,32,36H,10,16,25H2,1-3H3,(H,37,38)/b11-9+. The quantitative estimate of drug-likeness (QED) is 0.361. The zero-order chi connectivity index (χ0) is 27.7. The molecule has 5 heteroatoms. The summed E-state index contributed by atoms with van der Waals surface area (Å²) in [4.78, 5) is 10.9. The topological polar surface area (TPSA) is 53.2 Å². The van der Waals surface area contributed by atoms with E-state index in [1.54, 1.807) is 0 Å². The zero-order valence-corrected chi connectivity index (χ0v) is 23.5. The van der Waals surface area contributed by atoms with Crippen LogP contribution in [0.2, 0.25) is 0 Å². The van der Waals surface area contributed by atoms with Crippen LogP contribution in [0.4, 0.5) is 5.69 Å². The molecule has 1 aromatic heterocycles. The largest absolute Gasteiger partial charge is 0.388 e. The van der Waals surface area contributed by atoms with Crippen molar-refractivity contribution in [2.24, 2.45) is 0 Å². The number of anilines is 1. The van der Waals surface area contributed by atoms with Crippen molar-refractivity contribution in [1.29, 1.82) is 0 Å². The van der Waals surface area contributed by atoms with E-state index in [0.29, 0.717) is 6.61 Å². The molecule has 5 nitrogen and oxygen atoms in total. The van der Waals surface area contributed by atoms with E-state index in [-0.39, 0.29) is 12.0 Å². The van der Waals surface area contributed by atoms with Crippen LogP contribution in [-0.2, 0) is 4.74 Å². The number of nitrogens with zero attached hydrogens (tertiary/aromatic N) is 2. The average molecular weight is 531 g/mol. The molecular weight excluding hydrogens is 492 g/mol. The van der Waals surface area contributed by atoms with Crippen molar-refractivity contribution in [3.05, 3.63) is 138 Å². The Morgan fingerprint density at radius 2 is 1.88 bits per heavy atom. The van der Waals surface area contributed by atoms with Gasteiger partial charge in [-0.25, -0.2) is 4.98 Å². The van der Waals surface area contributed by atoms with Gasteiger partial charge in [0.2, 0.25) is 0 Å². The van der Waals surface area contributed by atoms with E-state index in [2.05, 4.69) is 139 Å². The number of hydrogen-bond donors (Lipinski definition) is 2. The van der Waals surface area contributed by atoms with Crippen molar-refractivity contribution < 1.29 is 4.74 Å². The fourth-order valence-electron chi connectivity index (χ4n) is 4.85. The molecule has 5 rings (SSSR count). The number of imidazole rings is 1. The van der Waals surface area contributed by atoms with Gasteiger partial charge >= 0.3 is 0 Å². The predicted molar refractivity (Wildman–Crippen MR) is 168 cm³/mol. The maximum absolute atomic E-state index is 5.93. The fraction of sp³-hybridized carbons (Fsp3) is 0.229. The van der Waals surface area contributed by atoms with Gasteiger partial charge in [0.05, 0.1) is 24.1 Å². The molecule has 0 bridgehead atoms. The molecule has 0 amide bonds. The molecular formula is C35H38N4O. The van der Waals surface area contributed by atoms with Crippen molar-refractivity contribution >= 4 is 11.3 Å². The lowest BCUT2D eigenvalue weighted by Gasteiger charge is -2.13. The highest BCUT2D eigenvalue weighted by Gasteiger charge is 2.20. The highest BCUT2D eigenvalue weighted by Crippen LogP contribution is 2.33. The Labute approximate surface area is 238 Å². The molecule has 40 heavy (non-hydrogen) atoms. The highest BCUT2D eigenvalue weighted by molar-refractivity contribution is 5.76. The van der Waals surface area contributed by atoms with Crippen LogP contribution in [-0.4, -0.2) is 43.8 Å². The van der Waals surface area contributed by atoms with Crippen LogP contribution in [0.1, 0.15) is 30.3 Å². The molecule has 0 spiro atoms. The molecule has 0 radical (unpaired) electrons. The first-order valence-corrected chi connectivity index (χ1v) is 13.9. The van der Waals surface area contributed by atoms with Crippen molar-refractivity contribution in [1.82, 2.24) is 15.3 Å². The SMILES string of the molecule is CNC1=CC=CC(c2[nH]c(C3=CC=C(/C=C/COC4C=CC=CC4)CC=C3)nc2-c2ccc(N(C)C)cc2)C=C1. The van der Waals surface area contributed by atoms with Gasteiger partial charge in [-0.05, 0) is 42.7 Å². The maximum atomic E-state index is 5.93.